The lowest BCUT2D eigenvalue weighted by Crippen LogP contribution is -2.57. The highest BCUT2D eigenvalue weighted by Gasteiger charge is 2.75. The van der Waals surface area contributed by atoms with Crippen molar-refractivity contribution in [1.29, 1.82) is 0 Å². The van der Waals surface area contributed by atoms with Crippen LogP contribution in [0, 0.1) is 0 Å². The maximum absolute atomic E-state index is 13.5. The summed E-state index contributed by atoms with van der Waals surface area (Å²) in [6, 6.07) is 3.13. The number of carbonyl (C=O) groups is 1. The minimum Gasteiger partial charge on any atom is -0.429 e. The molecule has 0 heterocycles. The number of hydrogen-bond donors (Lipinski definition) is 0. The Kier molecular flexibility index (Phi) is 5.51. The van der Waals surface area contributed by atoms with E-state index in [4.69, 9.17) is 0 Å². The second-order valence-corrected chi connectivity index (χ2v) is 6.07. The Balaban J connectivity index is 3.53. The summed E-state index contributed by atoms with van der Waals surface area (Å²) in [6.45, 7) is 7.18. The van der Waals surface area contributed by atoms with E-state index in [2.05, 4.69) is 16.1 Å². The fourth-order valence-electron chi connectivity index (χ4n) is 1.91. The first-order chi connectivity index (χ1) is 11.1. The second kappa shape index (κ2) is 6.61. The van der Waals surface area contributed by atoms with Gasteiger partial charge in [0.25, 0.3) is 0 Å². The Hall–Kier alpha value is -2.19. The molecule has 0 saturated heterocycles. The summed E-state index contributed by atoms with van der Waals surface area (Å²) < 4.78 is 89.1. The smallest absolute Gasteiger partial charge is 0.429 e. The normalized spacial score (nSPS) is 13.3. The van der Waals surface area contributed by atoms with Crippen LogP contribution >= 0.6 is 0 Å². The van der Waals surface area contributed by atoms with Crippen molar-refractivity contribution in [3.63, 3.8) is 0 Å². The lowest BCUT2D eigenvalue weighted by molar-refractivity contribution is -0.377. The number of alkyl halides is 6. The van der Waals surface area contributed by atoms with E-state index in [9.17, 15) is 31.1 Å². The van der Waals surface area contributed by atoms with Crippen LogP contribution in [0.25, 0.3) is 6.08 Å². The first-order valence-electron chi connectivity index (χ1n) is 6.92. The van der Waals surface area contributed by atoms with Crippen molar-refractivity contribution in [2.75, 3.05) is 0 Å². The van der Waals surface area contributed by atoms with Crippen LogP contribution in [-0.4, -0.2) is 24.1 Å². The van der Waals surface area contributed by atoms with E-state index in [-0.39, 0.29) is 0 Å². The van der Waals surface area contributed by atoms with E-state index in [1.807, 2.05) is 0 Å². The predicted octanol–water partition coefficient (Wildman–Crippen LogP) is 5.60. The molecule has 25 heavy (non-hydrogen) atoms. The summed E-state index contributed by atoms with van der Waals surface area (Å²) in [7, 11) is 0. The molecule has 1 aromatic rings. The van der Waals surface area contributed by atoms with Crippen LogP contribution in [-0.2, 0) is 15.1 Å². The maximum Gasteiger partial charge on any atom is 0.510 e. The molecule has 9 heteroatoms. The zero-order valence-corrected chi connectivity index (χ0v) is 13.6. The van der Waals surface area contributed by atoms with Gasteiger partial charge in [0.2, 0.25) is 0 Å². The third-order valence-corrected chi connectivity index (χ3v) is 2.98. The molecule has 0 saturated carbocycles. The number of rotatable bonds is 3. The van der Waals surface area contributed by atoms with Crippen molar-refractivity contribution >= 4 is 12.2 Å². The molecule has 0 radical (unpaired) electrons. The van der Waals surface area contributed by atoms with Crippen molar-refractivity contribution in [2.24, 2.45) is 0 Å². The second-order valence-electron chi connectivity index (χ2n) is 6.07. The van der Waals surface area contributed by atoms with Gasteiger partial charge in [-0.1, -0.05) is 36.9 Å². The van der Waals surface area contributed by atoms with Gasteiger partial charge in [0, 0.05) is 5.56 Å². The summed E-state index contributed by atoms with van der Waals surface area (Å²) in [5, 5.41) is 0. The monoisotopic (exact) mass is 370 g/mol. The van der Waals surface area contributed by atoms with Gasteiger partial charge in [-0.15, -0.1) is 0 Å². The van der Waals surface area contributed by atoms with Gasteiger partial charge in [0.05, 0.1) is 0 Å². The lowest BCUT2D eigenvalue weighted by Gasteiger charge is -2.37. The van der Waals surface area contributed by atoms with E-state index in [1.54, 1.807) is 0 Å². The minimum absolute atomic E-state index is 0.291. The van der Waals surface area contributed by atoms with Crippen molar-refractivity contribution in [1.82, 2.24) is 0 Å². The lowest BCUT2D eigenvalue weighted by atomic mass is 9.91. The van der Waals surface area contributed by atoms with Crippen LogP contribution in [0.4, 0.5) is 31.1 Å². The van der Waals surface area contributed by atoms with Crippen molar-refractivity contribution < 1.29 is 40.6 Å². The molecule has 0 fully saturated rings. The Labute approximate surface area is 140 Å². The number of hydrogen-bond acceptors (Lipinski definition) is 3. The van der Waals surface area contributed by atoms with Crippen molar-refractivity contribution in [3.8, 4) is 0 Å². The maximum atomic E-state index is 13.5. The summed E-state index contributed by atoms with van der Waals surface area (Å²) in [5.74, 6) is 0. The Bertz CT molecular complexity index is 609. The van der Waals surface area contributed by atoms with Crippen LogP contribution in [0.3, 0.4) is 0 Å². The van der Waals surface area contributed by atoms with Crippen molar-refractivity contribution in [2.45, 2.75) is 44.3 Å². The molecule has 0 aromatic heterocycles. The third-order valence-electron chi connectivity index (χ3n) is 2.98. The first-order valence-corrected chi connectivity index (χ1v) is 6.92. The Morgan fingerprint density at radius 1 is 0.920 bits per heavy atom. The van der Waals surface area contributed by atoms with E-state index in [1.165, 1.54) is 26.8 Å². The molecule has 0 bridgehead atoms. The zero-order chi connectivity index (χ0) is 19.7. The van der Waals surface area contributed by atoms with Gasteiger partial charge in [0.1, 0.15) is 5.60 Å². The van der Waals surface area contributed by atoms with Crippen LogP contribution in [0.5, 0.6) is 0 Å². The molecule has 3 nitrogen and oxygen atoms in total. The fourth-order valence-corrected chi connectivity index (χ4v) is 1.91. The molecule has 0 atom stereocenters. The topological polar surface area (TPSA) is 35.5 Å². The van der Waals surface area contributed by atoms with Gasteiger partial charge >= 0.3 is 24.1 Å². The number of carbonyl (C=O) groups excluding carboxylic acids is 1. The molecule has 0 aliphatic rings. The molecule has 0 aliphatic carbocycles. The van der Waals surface area contributed by atoms with E-state index in [0.717, 1.165) is 12.1 Å². The SMILES string of the molecule is C=Cc1ccc(C(OC(=O)OC(C)(C)C)(C(F)(F)F)C(F)(F)F)cc1. The highest BCUT2D eigenvalue weighted by Crippen LogP contribution is 2.53. The van der Waals surface area contributed by atoms with E-state index < -0.39 is 35.3 Å². The fraction of sp³-hybridized carbons (Fsp3) is 0.438. The largest absolute Gasteiger partial charge is 0.510 e. The highest BCUT2D eigenvalue weighted by molar-refractivity contribution is 5.62. The molecule has 1 aromatic carbocycles. The van der Waals surface area contributed by atoms with Gasteiger partial charge in [-0.2, -0.15) is 26.3 Å². The molecule has 140 valence electrons. The molecule has 0 aliphatic heterocycles. The Morgan fingerprint density at radius 3 is 1.68 bits per heavy atom. The number of ether oxygens (including phenoxy) is 2. The number of benzene rings is 1. The van der Waals surface area contributed by atoms with Crippen LogP contribution < -0.4 is 0 Å². The zero-order valence-electron chi connectivity index (χ0n) is 13.6. The Morgan fingerprint density at radius 2 is 1.36 bits per heavy atom. The first kappa shape index (κ1) is 20.9. The molecule has 0 spiro atoms. The molecule has 0 amide bonds. The van der Waals surface area contributed by atoms with Crippen LogP contribution in [0.2, 0.25) is 0 Å². The van der Waals surface area contributed by atoms with Gasteiger partial charge < -0.3 is 9.47 Å². The third kappa shape index (κ3) is 4.46. The minimum atomic E-state index is -5.97. The average molecular weight is 370 g/mol. The quantitative estimate of drug-likeness (QED) is 0.513. The average Bonchev–Trinajstić information content (AvgIpc) is 2.40. The predicted molar refractivity (Wildman–Crippen MR) is 77.6 cm³/mol. The standard InChI is InChI=1S/C16H16F6O3/c1-5-10-6-8-11(9-7-10)14(15(17,18)19,16(20,21)22)25-12(23)24-13(2,3)4/h5-9H,1H2,2-4H3. The molecule has 0 N–H and O–H groups in total. The molecular weight excluding hydrogens is 354 g/mol. The molecule has 0 unspecified atom stereocenters. The number of halogens is 6. The van der Waals surface area contributed by atoms with E-state index in [0.29, 0.717) is 17.7 Å². The summed E-state index contributed by atoms with van der Waals surface area (Å²) in [6.07, 6.45) is -12.8. The van der Waals surface area contributed by atoms with Gasteiger partial charge in [-0.3, -0.25) is 0 Å². The summed E-state index contributed by atoms with van der Waals surface area (Å²) in [5.41, 5.74) is -7.21. The summed E-state index contributed by atoms with van der Waals surface area (Å²) in [4.78, 5) is 11.6. The molecular formula is C16H16F6O3. The van der Waals surface area contributed by atoms with Crippen molar-refractivity contribution in [3.05, 3.63) is 42.0 Å². The van der Waals surface area contributed by atoms with E-state index >= 15 is 0 Å². The van der Waals surface area contributed by atoms with Crippen LogP contribution in [0.15, 0.2) is 30.8 Å². The van der Waals surface area contributed by atoms with Gasteiger partial charge in [-0.05, 0) is 26.3 Å². The van der Waals surface area contributed by atoms with Gasteiger partial charge in [0.15, 0.2) is 0 Å². The van der Waals surface area contributed by atoms with Gasteiger partial charge in [-0.25, -0.2) is 4.79 Å². The highest BCUT2D eigenvalue weighted by atomic mass is 19.4. The summed E-state index contributed by atoms with van der Waals surface area (Å²) >= 11 is 0. The molecule has 1 rings (SSSR count). The van der Waals surface area contributed by atoms with Crippen LogP contribution in [0.1, 0.15) is 31.9 Å².